The zero-order valence-corrected chi connectivity index (χ0v) is 14.3. The third-order valence-electron chi connectivity index (χ3n) is 3.72. The molecule has 1 aromatic heterocycles. The molecule has 0 saturated heterocycles. The fraction of sp³-hybridized carbons (Fsp3) is 0.158. The van der Waals surface area contributed by atoms with Crippen LogP contribution in [0.2, 0.25) is 0 Å². The molecular formula is C19H19N3O3. The first-order valence-corrected chi connectivity index (χ1v) is 7.70. The van der Waals surface area contributed by atoms with Crippen LogP contribution < -0.4 is 19.6 Å². The Morgan fingerprint density at radius 2 is 1.60 bits per heavy atom. The van der Waals surface area contributed by atoms with Gasteiger partial charge >= 0.3 is 0 Å². The van der Waals surface area contributed by atoms with E-state index in [-0.39, 0.29) is 0 Å². The smallest absolute Gasteiger partial charge is 0.164 e. The van der Waals surface area contributed by atoms with Crippen LogP contribution in [0.15, 0.2) is 53.6 Å². The topological polar surface area (TPSA) is 65.0 Å². The van der Waals surface area contributed by atoms with E-state index in [0.717, 1.165) is 16.5 Å². The van der Waals surface area contributed by atoms with E-state index >= 15 is 0 Å². The molecule has 0 spiro atoms. The van der Waals surface area contributed by atoms with Crippen LogP contribution in [0, 0.1) is 0 Å². The molecule has 3 aromatic rings. The Hall–Kier alpha value is -3.28. The van der Waals surface area contributed by atoms with Crippen LogP contribution in [0.1, 0.15) is 5.56 Å². The second-order valence-corrected chi connectivity index (χ2v) is 5.21. The largest absolute Gasteiger partial charge is 0.496 e. The summed E-state index contributed by atoms with van der Waals surface area (Å²) in [6.45, 7) is 0. The van der Waals surface area contributed by atoms with Crippen molar-refractivity contribution in [1.82, 2.24) is 4.98 Å². The minimum Gasteiger partial charge on any atom is -0.496 e. The highest BCUT2D eigenvalue weighted by Crippen LogP contribution is 2.33. The molecule has 128 valence electrons. The van der Waals surface area contributed by atoms with Gasteiger partial charge in [-0.3, -0.25) is 5.43 Å². The molecule has 0 fully saturated rings. The van der Waals surface area contributed by atoms with Crippen molar-refractivity contribution in [2.75, 3.05) is 26.8 Å². The lowest BCUT2D eigenvalue weighted by Crippen LogP contribution is -1.98. The number of fused-ring (bicyclic) bond motifs is 1. The Kier molecular flexibility index (Phi) is 4.99. The van der Waals surface area contributed by atoms with Crippen LogP contribution in [0.25, 0.3) is 10.9 Å². The summed E-state index contributed by atoms with van der Waals surface area (Å²) < 4.78 is 16.0. The van der Waals surface area contributed by atoms with E-state index < -0.39 is 0 Å². The molecule has 0 aliphatic carbocycles. The number of anilines is 1. The highest BCUT2D eigenvalue weighted by atomic mass is 16.5. The normalized spacial score (nSPS) is 10.8. The maximum Gasteiger partial charge on any atom is 0.164 e. The van der Waals surface area contributed by atoms with Crippen molar-refractivity contribution in [1.29, 1.82) is 0 Å². The fourth-order valence-corrected chi connectivity index (χ4v) is 2.45. The van der Waals surface area contributed by atoms with Crippen molar-refractivity contribution >= 4 is 22.9 Å². The zero-order chi connectivity index (χ0) is 17.6. The number of ether oxygens (including phenoxy) is 3. The number of pyridine rings is 1. The second kappa shape index (κ2) is 7.53. The van der Waals surface area contributed by atoms with Gasteiger partial charge in [0.15, 0.2) is 11.5 Å². The van der Waals surface area contributed by atoms with Gasteiger partial charge in [0, 0.05) is 17.0 Å². The summed E-state index contributed by atoms with van der Waals surface area (Å²) in [6.07, 6.45) is 1.65. The maximum absolute atomic E-state index is 5.38. The van der Waals surface area contributed by atoms with Crippen molar-refractivity contribution in [3.05, 3.63) is 54.1 Å². The Balaban J connectivity index is 1.83. The molecule has 6 nitrogen and oxygen atoms in total. The number of rotatable bonds is 6. The predicted molar refractivity (Wildman–Crippen MR) is 99.1 cm³/mol. The summed E-state index contributed by atoms with van der Waals surface area (Å²) in [6, 6.07) is 15.4. The Morgan fingerprint density at radius 1 is 0.880 bits per heavy atom. The summed E-state index contributed by atoms with van der Waals surface area (Å²) in [5.74, 6) is 2.50. The summed E-state index contributed by atoms with van der Waals surface area (Å²) in [4.78, 5) is 4.51. The average Bonchev–Trinajstić information content (AvgIpc) is 2.67. The van der Waals surface area contributed by atoms with Crippen LogP contribution in [-0.2, 0) is 0 Å². The van der Waals surface area contributed by atoms with E-state index in [9.17, 15) is 0 Å². The number of hydrogen-bond donors (Lipinski definition) is 1. The number of nitrogens with one attached hydrogen (secondary N) is 1. The van der Waals surface area contributed by atoms with Gasteiger partial charge in [0.05, 0.1) is 33.1 Å². The summed E-state index contributed by atoms with van der Waals surface area (Å²) in [7, 11) is 4.76. The Morgan fingerprint density at radius 3 is 2.36 bits per heavy atom. The summed E-state index contributed by atoms with van der Waals surface area (Å²) >= 11 is 0. The Labute approximate surface area is 146 Å². The van der Waals surface area contributed by atoms with Gasteiger partial charge < -0.3 is 14.2 Å². The third kappa shape index (κ3) is 3.63. The quantitative estimate of drug-likeness (QED) is 0.549. The molecule has 0 radical (unpaired) electrons. The molecule has 3 rings (SSSR count). The van der Waals surface area contributed by atoms with Crippen LogP contribution in [-0.4, -0.2) is 32.5 Å². The molecule has 0 unspecified atom stereocenters. The molecule has 0 atom stereocenters. The standard InChI is InChI=1S/C19H19N3O3/c1-23-16-11-18(25-3)17(24-2)10-14(16)12-20-22-19-9-8-13-6-4-5-7-15(13)21-19/h4-12H,1-3H3,(H,21,22)/b20-12+. The first-order valence-electron chi connectivity index (χ1n) is 7.70. The number of benzene rings is 2. The third-order valence-corrected chi connectivity index (χ3v) is 3.72. The van der Waals surface area contributed by atoms with Crippen molar-refractivity contribution in [2.24, 2.45) is 5.10 Å². The average molecular weight is 337 g/mol. The number of methoxy groups -OCH3 is 3. The lowest BCUT2D eigenvalue weighted by molar-refractivity contribution is 0.349. The van der Waals surface area contributed by atoms with Gasteiger partial charge in [-0.2, -0.15) is 5.10 Å². The van der Waals surface area contributed by atoms with Gasteiger partial charge in [-0.25, -0.2) is 4.98 Å². The number of hydrazone groups is 1. The highest BCUT2D eigenvalue weighted by molar-refractivity contribution is 5.86. The molecule has 0 aliphatic rings. The van der Waals surface area contributed by atoms with Gasteiger partial charge in [-0.1, -0.05) is 18.2 Å². The van der Waals surface area contributed by atoms with Gasteiger partial charge in [0.1, 0.15) is 11.6 Å². The van der Waals surface area contributed by atoms with Crippen LogP contribution in [0.3, 0.4) is 0 Å². The zero-order valence-electron chi connectivity index (χ0n) is 14.3. The lowest BCUT2D eigenvalue weighted by Gasteiger charge is -2.11. The maximum atomic E-state index is 5.38. The van der Waals surface area contributed by atoms with Crippen molar-refractivity contribution < 1.29 is 14.2 Å². The molecule has 0 amide bonds. The predicted octanol–water partition coefficient (Wildman–Crippen LogP) is 3.71. The van der Waals surface area contributed by atoms with Crippen molar-refractivity contribution in [3.8, 4) is 17.2 Å². The molecule has 6 heteroatoms. The van der Waals surface area contributed by atoms with E-state index in [1.165, 1.54) is 0 Å². The lowest BCUT2D eigenvalue weighted by atomic mass is 10.2. The van der Waals surface area contributed by atoms with Crippen LogP contribution in [0.4, 0.5) is 5.82 Å². The second-order valence-electron chi connectivity index (χ2n) is 5.21. The van der Waals surface area contributed by atoms with Gasteiger partial charge in [0.25, 0.3) is 0 Å². The molecular weight excluding hydrogens is 318 g/mol. The van der Waals surface area contributed by atoms with E-state index in [0.29, 0.717) is 23.1 Å². The van der Waals surface area contributed by atoms with E-state index in [1.54, 1.807) is 39.7 Å². The van der Waals surface area contributed by atoms with Gasteiger partial charge in [-0.15, -0.1) is 0 Å². The highest BCUT2D eigenvalue weighted by Gasteiger charge is 2.10. The van der Waals surface area contributed by atoms with Gasteiger partial charge in [0.2, 0.25) is 0 Å². The number of para-hydroxylation sites is 1. The molecule has 1 heterocycles. The van der Waals surface area contributed by atoms with Gasteiger partial charge in [-0.05, 0) is 24.3 Å². The van der Waals surface area contributed by atoms with Crippen molar-refractivity contribution in [3.63, 3.8) is 0 Å². The monoisotopic (exact) mass is 337 g/mol. The molecule has 0 saturated carbocycles. The molecule has 25 heavy (non-hydrogen) atoms. The summed E-state index contributed by atoms with van der Waals surface area (Å²) in [5.41, 5.74) is 4.60. The molecule has 0 bridgehead atoms. The number of hydrogen-bond acceptors (Lipinski definition) is 6. The van der Waals surface area contributed by atoms with E-state index in [4.69, 9.17) is 14.2 Å². The summed E-state index contributed by atoms with van der Waals surface area (Å²) in [5, 5.41) is 5.33. The fourth-order valence-electron chi connectivity index (χ4n) is 2.45. The minimum atomic E-state index is 0.598. The molecule has 2 aromatic carbocycles. The van der Waals surface area contributed by atoms with E-state index in [1.807, 2.05) is 36.4 Å². The first kappa shape index (κ1) is 16.6. The van der Waals surface area contributed by atoms with Crippen molar-refractivity contribution in [2.45, 2.75) is 0 Å². The van der Waals surface area contributed by atoms with E-state index in [2.05, 4.69) is 15.5 Å². The molecule has 1 N–H and O–H groups in total. The first-order chi connectivity index (χ1) is 12.2. The van der Waals surface area contributed by atoms with Crippen LogP contribution >= 0.6 is 0 Å². The Bertz CT molecular complexity index is 910. The minimum absolute atomic E-state index is 0.598. The van der Waals surface area contributed by atoms with Crippen LogP contribution in [0.5, 0.6) is 17.2 Å². The SMILES string of the molecule is COc1cc(OC)c(OC)cc1/C=N/Nc1ccc2ccccc2n1. The molecule has 0 aliphatic heterocycles. The number of aromatic nitrogens is 1. The number of nitrogens with zero attached hydrogens (tertiary/aromatic N) is 2.